The maximum Gasteiger partial charge on any atom is 0.128 e. The molecule has 100 valence electrons. The fourth-order valence-electron chi connectivity index (χ4n) is 2.67. The number of ether oxygens (including phenoxy) is 1. The average molecular weight is 249 g/mol. The first-order valence-electron chi connectivity index (χ1n) is 6.41. The van der Waals surface area contributed by atoms with Crippen LogP contribution in [0.15, 0.2) is 18.3 Å². The molecule has 1 aliphatic rings. The molecular weight excluding hydrogens is 226 g/mol. The maximum atomic E-state index is 6.07. The Labute approximate surface area is 109 Å². The number of hydrogen-bond donors (Lipinski definition) is 1. The Morgan fingerprint density at radius 1 is 1.22 bits per heavy atom. The van der Waals surface area contributed by atoms with Gasteiger partial charge in [-0.15, -0.1) is 0 Å². The molecule has 0 saturated carbocycles. The molecular formula is C14H23N3O. The molecule has 1 aliphatic heterocycles. The summed E-state index contributed by atoms with van der Waals surface area (Å²) in [7, 11) is 0. The second-order valence-electron chi connectivity index (χ2n) is 6.21. The van der Waals surface area contributed by atoms with Crippen LogP contribution in [-0.4, -0.2) is 29.3 Å². The first-order chi connectivity index (χ1) is 8.31. The molecule has 0 amide bonds. The molecule has 0 atom stereocenters. The minimum absolute atomic E-state index is 0.157. The smallest absolute Gasteiger partial charge is 0.128 e. The van der Waals surface area contributed by atoms with Crippen LogP contribution in [0.3, 0.4) is 0 Å². The Hall–Kier alpha value is -1.13. The van der Waals surface area contributed by atoms with E-state index >= 15 is 0 Å². The molecule has 1 aromatic heterocycles. The fourth-order valence-corrected chi connectivity index (χ4v) is 2.67. The average Bonchev–Trinajstić information content (AvgIpc) is 2.25. The molecule has 4 nitrogen and oxygen atoms in total. The zero-order valence-corrected chi connectivity index (χ0v) is 11.7. The van der Waals surface area contributed by atoms with E-state index in [2.05, 4.69) is 37.6 Å². The van der Waals surface area contributed by atoms with Crippen LogP contribution in [0.4, 0.5) is 5.82 Å². The molecule has 0 bridgehead atoms. The summed E-state index contributed by atoms with van der Waals surface area (Å²) in [6, 6.07) is 4.08. The van der Waals surface area contributed by atoms with Crippen LogP contribution < -0.4 is 10.6 Å². The Balaban J connectivity index is 2.21. The molecule has 1 saturated heterocycles. The quantitative estimate of drug-likeness (QED) is 0.870. The minimum atomic E-state index is -0.157. The SMILES string of the molecule is CC1(C)CN(c2ccc(CN)cn2)CC(C)(C)O1. The van der Waals surface area contributed by atoms with Crippen molar-refractivity contribution in [3.63, 3.8) is 0 Å². The Morgan fingerprint density at radius 2 is 1.83 bits per heavy atom. The first kappa shape index (κ1) is 13.3. The number of pyridine rings is 1. The van der Waals surface area contributed by atoms with Crippen molar-refractivity contribution in [3.8, 4) is 0 Å². The summed E-state index contributed by atoms with van der Waals surface area (Å²) in [4.78, 5) is 6.78. The summed E-state index contributed by atoms with van der Waals surface area (Å²) in [5, 5.41) is 0. The van der Waals surface area contributed by atoms with Crippen molar-refractivity contribution in [2.45, 2.75) is 45.4 Å². The van der Waals surface area contributed by atoms with Gasteiger partial charge in [0.15, 0.2) is 0 Å². The van der Waals surface area contributed by atoms with Crippen LogP contribution >= 0.6 is 0 Å². The van der Waals surface area contributed by atoms with Crippen LogP contribution in [0.2, 0.25) is 0 Å². The number of hydrogen-bond acceptors (Lipinski definition) is 4. The molecule has 0 radical (unpaired) electrons. The second-order valence-corrected chi connectivity index (χ2v) is 6.21. The number of aromatic nitrogens is 1. The van der Waals surface area contributed by atoms with Gasteiger partial charge in [0.05, 0.1) is 11.2 Å². The summed E-state index contributed by atoms with van der Waals surface area (Å²) in [6.45, 7) is 10.7. The Kier molecular flexibility index (Phi) is 3.34. The van der Waals surface area contributed by atoms with Gasteiger partial charge in [-0.3, -0.25) is 0 Å². The van der Waals surface area contributed by atoms with Gasteiger partial charge in [0.2, 0.25) is 0 Å². The van der Waals surface area contributed by atoms with Crippen molar-refractivity contribution in [1.82, 2.24) is 4.98 Å². The number of anilines is 1. The lowest BCUT2D eigenvalue weighted by Crippen LogP contribution is -2.57. The predicted molar refractivity (Wildman–Crippen MR) is 73.6 cm³/mol. The molecule has 1 fully saturated rings. The van der Waals surface area contributed by atoms with Gasteiger partial charge in [-0.1, -0.05) is 6.07 Å². The monoisotopic (exact) mass is 249 g/mol. The minimum Gasteiger partial charge on any atom is -0.366 e. The third-order valence-corrected chi connectivity index (χ3v) is 3.06. The summed E-state index contributed by atoms with van der Waals surface area (Å²) in [6.07, 6.45) is 1.85. The largest absolute Gasteiger partial charge is 0.366 e. The number of rotatable bonds is 2. The van der Waals surface area contributed by atoms with Gasteiger partial charge >= 0.3 is 0 Å². The third-order valence-electron chi connectivity index (χ3n) is 3.06. The van der Waals surface area contributed by atoms with Crippen LogP contribution in [-0.2, 0) is 11.3 Å². The van der Waals surface area contributed by atoms with Crippen LogP contribution in [0.1, 0.15) is 33.3 Å². The molecule has 0 aromatic carbocycles. The summed E-state index contributed by atoms with van der Waals surface area (Å²) in [5.74, 6) is 0.997. The highest BCUT2D eigenvalue weighted by molar-refractivity contribution is 5.41. The molecule has 1 aromatic rings. The van der Waals surface area contributed by atoms with Gasteiger partial charge in [0, 0.05) is 25.8 Å². The third kappa shape index (κ3) is 3.00. The highest BCUT2D eigenvalue weighted by Gasteiger charge is 2.38. The lowest BCUT2D eigenvalue weighted by Gasteiger charge is -2.47. The van der Waals surface area contributed by atoms with E-state index in [1.807, 2.05) is 18.3 Å². The van der Waals surface area contributed by atoms with Gasteiger partial charge in [0.1, 0.15) is 5.82 Å². The van der Waals surface area contributed by atoms with Crippen LogP contribution in [0, 0.1) is 0 Å². The summed E-state index contributed by atoms with van der Waals surface area (Å²) >= 11 is 0. The lowest BCUT2D eigenvalue weighted by atomic mass is 9.99. The molecule has 0 spiro atoms. The standard InChI is InChI=1S/C14H23N3O/c1-13(2)9-17(10-14(3,4)18-13)12-6-5-11(7-15)8-16-12/h5-6,8H,7,9-10,15H2,1-4H3. The number of nitrogens with two attached hydrogens (primary N) is 1. The van der Waals surface area contributed by atoms with Crippen molar-refractivity contribution in [1.29, 1.82) is 0 Å². The molecule has 2 N–H and O–H groups in total. The zero-order chi connectivity index (χ0) is 13.4. The molecule has 4 heteroatoms. The highest BCUT2D eigenvalue weighted by Crippen LogP contribution is 2.30. The predicted octanol–water partition coefficient (Wildman–Crippen LogP) is 1.93. The van der Waals surface area contributed by atoms with E-state index in [4.69, 9.17) is 10.5 Å². The van der Waals surface area contributed by atoms with E-state index < -0.39 is 0 Å². The topological polar surface area (TPSA) is 51.4 Å². The summed E-state index contributed by atoms with van der Waals surface area (Å²) in [5.41, 5.74) is 6.34. The van der Waals surface area contributed by atoms with Gasteiger partial charge in [-0.2, -0.15) is 0 Å². The Morgan fingerprint density at radius 3 is 2.28 bits per heavy atom. The van der Waals surface area contributed by atoms with Gasteiger partial charge in [-0.25, -0.2) is 4.98 Å². The lowest BCUT2D eigenvalue weighted by molar-refractivity contribution is -0.133. The van der Waals surface area contributed by atoms with Crippen molar-refractivity contribution >= 4 is 5.82 Å². The van der Waals surface area contributed by atoms with E-state index in [9.17, 15) is 0 Å². The summed E-state index contributed by atoms with van der Waals surface area (Å²) < 4.78 is 6.07. The molecule has 2 heterocycles. The second kappa shape index (κ2) is 4.52. The molecule has 0 aliphatic carbocycles. The van der Waals surface area contributed by atoms with Crippen molar-refractivity contribution < 1.29 is 4.74 Å². The van der Waals surface area contributed by atoms with Gasteiger partial charge in [-0.05, 0) is 39.3 Å². The van der Waals surface area contributed by atoms with Crippen LogP contribution in [0.5, 0.6) is 0 Å². The van der Waals surface area contributed by atoms with Gasteiger partial charge < -0.3 is 15.4 Å². The molecule has 18 heavy (non-hydrogen) atoms. The van der Waals surface area contributed by atoms with Gasteiger partial charge in [0.25, 0.3) is 0 Å². The van der Waals surface area contributed by atoms with E-state index in [1.54, 1.807) is 0 Å². The van der Waals surface area contributed by atoms with E-state index in [1.165, 1.54) is 0 Å². The maximum absolute atomic E-state index is 6.07. The van der Waals surface area contributed by atoms with Crippen LogP contribution in [0.25, 0.3) is 0 Å². The van der Waals surface area contributed by atoms with E-state index in [0.717, 1.165) is 24.5 Å². The van der Waals surface area contributed by atoms with Crippen molar-refractivity contribution in [3.05, 3.63) is 23.9 Å². The van der Waals surface area contributed by atoms with Crippen molar-refractivity contribution in [2.75, 3.05) is 18.0 Å². The first-order valence-corrected chi connectivity index (χ1v) is 6.41. The van der Waals surface area contributed by atoms with Crippen molar-refractivity contribution in [2.24, 2.45) is 5.73 Å². The molecule has 0 unspecified atom stereocenters. The zero-order valence-electron chi connectivity index (χ0n) is 11.7. The Bertz CT molecular complexity index is 396. The number of morpholine rings is 1. The van der Waals surface area contributed by atoms with E-state index in [0.29, 0.717) is 6.54 Å². The normalized spacial score (nSPS) is 21.9. The van der Waals surface area contributed by atoms with E-state index in [-0.39, 0.29) is 11.2 Å². The number of nitrogens with zero attached hydrogens (tertiary/aromatic N) is 2. The fraction of sp³-hybridized carbons (Fsp3) is 0.643. The molecule has 2 rings (SSSR count). The highest BCUT2D eigenvalue weighted by atomic mass is 16.5.